The van der Waals surface area contributed by atoms with Gasteiger partial charge < -0.3 is 4.74 Å². The molecule has 2 rings (SSSR count). The van der Waals surface area contributed by atoms with Gasteiger partial charge in [0.15, 0.2) is 5.78 Å². The zero-order valence-electron chi connectivity index (χ0n) is 12.7. The summed E-state index contributed by atoms with van der Waals surface area (Å²) in [6, 6.07) is 7.32. The first-order valence-electron chi connectivity index (χ1n) is 6.99. The molecule has 1 aliphatic heterocycles. The molecule has 4 heteroatoms. The highest BCUT2D eigenvalue weighted by Crippen LogP contribution is 2.30. The van der Waals surface area contributed by atoms with E-state index in [1.165, 1.54) is 0 Å². The van der Waals surface area contributed by atoms with Gasteiger partial charge in [0.25, 0.3) is 0 Å². The molecule has 1 atom stereocenters. The summed E-state index contributed by atoms with van der Waals surface area (Å²) in [5.41, 5.74) is 0.759. The maximum atomic E-state index is 12.6. The number of hydrogen-bond acceptors (Lipinski definition) is 4. The number of hydrogen-bond donors (Lipinski definition) is 0. The van der Waals surface area contributed by atoms with Gasteiger partial charge >= 0.3 is 0 Å². The molecule has 0 aliphatic carbocycles. The highest BCUT2D eigenvalue weighted by atomic mass is 32.2. The van der Waals surface area contributed by atoms with E-state index in [9.17, 15) is 4.79 Å². The second-order valence-electron chi connectivity index (χ2n) is 5.85. The lowest BCUT2D eigenvalue weighted by atomic mass is 10.0. The summed E-state index contributed by atoms with van der Waals surface area (Å²) in [5.74, 6) is 2.06. The normalized spacial score (nSPS) is 20.4. The monoisotopic (exact) mass is 293 g/mol. The number of nitrogens with zero attached hydrogens (tertiary/aromatic N) is 1. The third kappa shape index (κ3) is 3.55. The summed E-state index contributed by atoms with van der Waals surface area (Å²) < 4.78 is 5.36. The van der Waals surface area contributed by atoms with E-state index in [0.717, 1.165) is 30.2 Å². The predicted molar refractivity (Wildman–Crippen MR) is 84.9 cm³/mol. The van der Waals surface area contributed by atoms with Crippen molar-refractivity contribution in [2.24, 2.45) is 0 Å². The first kappa shape index (κ1) is 15.4. The van der Waals surface area contributed by atoms with Crippen LogP contribution < -0.4 is 4.74 Å². The fourth-order valence-corrected chi connectivity index (χ4v) is 3.68. The Kier molecular flexibility index (Phi) is 4.76. The second kappa shape index (κ2) is 6.19. The van der Waals surface area contributed by atoms with Gasteiger partial charge in [-0.25, -0.2) is 0 Å². The third-order valence-electron chi connectivity index (χ3n) is 3.76. The molecule has 0 spiro atoms. The van der Waals surface area contributed by atoms with Crippen LogP contribution in [-0.4, -0.2) is 47.4 Å². The number of ether oxygens (including phenoxy) is 1. The molecular weight excluding hydrogens is 270 g/mol. The van der Waals surface area contributed by atoms with E-state index in [1.54, 1.807) is 7.11 Å². The number of carbonyl (C=O) groups excluding carboxylic acids is 1. The van der Waals surface area contributed by atoms with Crippen molar-refractivity contribution >= 4 is 17.5 Å². The van der Waals surface area contributed by atoms with E-state index >= 15 is 0 Å². The number of thioether (sulfide) groups is 1. The maximum Gasteiger partial charge on any atom is 0.179 e. The number of Topliss-reactive ketones (excluding diaryl/α,β-unsaturated/α-hetero) is 1. The molecule has 3 nitrogen and oxygen atoms in total. The van der Waals surface area contributed by atoms with Gasteiger partial charge in [0.1, 0.15) is 5.75 Å². The molecule has 0 N–H and O–H groups in total. The highest BCUT2D eigenvalue weighted by Gasteiger charge is 2.32. The van der Waals surface area contributed by atoms with Crippen molar-refractivity contribution in [3.8, 4) is 5.75 Å². The Hall–Kier alpha value is -1.00. The Morgan fingerprint density at radius 2 is 2.00 bits per heavy atom. The van der Waals surface area contributed by atoms with Crippen molar-refractivity contribution in [3.05, 3.63) is 29.8 Å². The molecule has 1 aromatic rings. The average Bonchev–Trinajstić information content (AvgIpc) is 2.45. The van der Waals surface area contributed by atoms with E-state index in [1.807, 2.05) is 43.0 Å². The molecular formula is C16H23NO2S. The van der Waals surface area contributed by atoms with Crippen molar-refractivity contribution in [2.45, 2.75) is 31.6 Å². The van der Waals surface area contributed by atoms with Crippen molar-refractivity contribution < 1.29 is 9.53 Å². The summed E-state index contributed by atoms with van der Waals surface area (Å²) in [7, 11) is 1.63. The summed E-state index contributed by atoms with van der Waals surface area (Å²) in [4.78, 5) is 14.9. The molecule has 1 heterocycles. The summed E-state index contributed by atoms with van der Waals surface area (Å²) >= 11 is 1.98. The van der Waals surface area contributed by atoms with E-state index in [-0.39, 0.29) is 16.6 Å². The Labute approximate surface area is 125 Å². The molecule has 1 aromatic carbocycles. The van der Waals surface area contributed by atoms with Crippen LogP contribution in [0.2, 0.25) is 0 Å². The summed E-state index contributed by atoms with van der Waals surface area (Å²) in [6.45, 7) is 8.44. The molecule has 1 saturated heterocycles. The minimum absolute atomic E-state index is 0.0661. The van der Waals surface area contributed by atoms with Crippen LogP contribution in [0.25, 0.3) is 0 Å². The van der Waals surface area contributed by atoms with E-state index in [0.29, 0.717) is 0 Å². The van der Waals surface area contributed by atoms with Gasteiger partial charge in [-0.2, -0.15) is 11.8 Å². The van der Waals surface area contributed by atoms with Crippen molar-refractivity contribution in [3.63, 3.8) is 0 Å². The molecule has 1 unspecified atom stereocenters. The van der Waals surface area contributed by atoms with Crippen LogP contribution in [0.15, 0.2) is 24.3 Å². The lowest BCUT2D eigenvalue weighted by molar-refractivity contribution is 0.0832. The average molecular weight is 293 g/mol. The Balaban J connectivity index is 2.07. The maximum absolute atomic E-state index is 12.6. The molecule has 0 radical (unpaired) electrons. The lowest BCUT2D eigenvalue weighted by Crippen LogP contribution is -2.49. The highest BCUT2D eigenvalue weighted by molar-refractivity contribution is 8.00. The van der Waals surface area contributed by atoms with Crippen LogP contribution in [0.4, 0.5) is 0 Å². The van der Waals surface area contributed by atoms with Gasteiger partial charge in [-0.3, -0.25) is 9.69 Å². The van der Waals surface area contributed by atoms with Gasteiger partial charge in [0.05, 0.1) is 13.2 Å². The van der Waals surface area contributed by atoms with Gasteiger partial charge in [-0.15, -0.1) is 0 Å². The molecule has 0 amide bonds. The third-order valence-corrected chi connectivity index (χ3v) is 5.05. The molecule has 0 bridgehead atoms. The van der Waals surface area contributed by atoms with Gasteiger partial charge in [-0.05, 0) is 45.0 Å². The number of methoxy groups -OCH3 is 1. The standard InChI is InChI=1S/C16H23NO2S/c1-12(17-9-10-20-16(2,3)11-17)15(18)13-5-7-14(19-4)8-6-13/h5-8,12H,9-11H2,1-4H3. The van der Waals surface area contributed by atoms with Crippen molar-refractivity contribution in [1.29, 1.82) is 0 Å². The van der Waals surface area contributed by atoms with Crippen LogP contribution in [0.5, 0.6) is 5.75 Å². The number of ketones is 1. The van der Waals surface area contributed by atoms with Crippen molar-refractivity contribution in [1.82, 2.24) is 4.90 Å². The molecule has 110 valence electrons. The van der Waals surface area contributed by atoms with Gasteiger partial charge in [0, 0.05) is 29.2 Å². The minimum atomic E-state index is -0.0661. The molecule has 1 fully saturated rings. The number of benzene rings is 1. The van der Waals surface area contributed by atoms with E-state index in [2.05, 4.69) is 18.7 Å². The SMILES string of the molecule is COc1ccc(C(=O)C(C)N2CCSC(C)(C)C2)cc1. The van der Waals surface area contributed by atoms with Gasteiger partial charge in [-0.1, -0.05) is 0 Å². The lowest BCUT2D eigenvalue weighted by Gasteiger charge is -2.40. The minimum Gasteiger partial charge on any atom is -0.497 e. The molecule has 1 aliphatic rings. The summed E-state index contributed by atoms with van der Waals surface area (Å²) in [5, 5.41) is 0. The fourth-order valence-electron chi connectivity index (χ4n) is 2.55. The van der Waals surface area contributed by atoms with Crippen LogP contribution in [0.1, 0.15) is 31.1 Å². The topological polar surface area (TPSA) is 29.5 Å². The van der Waals surface area contributed by atoms with Gasteiger partial charge in [0.2, 0.25) is 0 Å². The zero-order chi connectivity index (χ0) is 14.8. The Bertz CT molecular complexity index is 470. The quantitative estimate of drug-likeness (QED) is 0.798. The first-order valence-corrected chi connectivity index (χ1v) is 7.98. The van der Waals surface area contributed by atoms with E-state index in [4.69, 9.17) is 4.74 Å². The van der Waals surface area contributed by atoms with E-state index < -0.39 is 0 Å². The molecule has 20 heavy (non-hydrogen) atoms. The number of rotatable bonds is 4. The zero-order valence-corrected chi connectivity index (χ0v) is 13.5. The Morgan fingerprint density at radius 3 is 2.55 bits per heavy atom. The van der Waals surface area contributed by atoms with Crippen LogP contribution in [0, 0.1) is 0 Å². The largest absolute Gasteiger partial charge is 0.497 e. The van der Waals surface area contributed by atoms with Crippen LogP contribution >= 0.6 is 11.8 Å². The summed E-state index contributed by atoms with van der Waals surface area (Å²) in [6.07, 6.45) is 0. The second-order valence-corrected chi connectivity index (χ2v) is 7.65. The number of carbonyl (C=O) groups is 1. The van der Waals surface area contributed by atoms with Crippen molar-refractivity contribution in [2.75, 3.05) is 26.0 Å². The van der Waals surface area contributed by atoms with Crippen LogP contribution in [-0.2, 0) is 0 Å². The first-order chi connectivity index (χ1) is 9.43. The smallest absolute Gasteiger partial charge is 0.179 e. The predicted octanol–water partition coefficient (Wildman–Crippen LogP) is 3.09. The molecule has 0 aromatic heterocycles. The van der Waals surface area contributed by atoms with Crippen LogP contribution in [0.3, 0.4) is 0 Å². The molecule has 0 saturated carbocycles. The Morgan fingerprint density at radius 1 is 1.35 bits per heavy atom. The fraction of sp³-hybridized carbons (Fsp3) is 0.562.